The molecule has 0 bridgehead atoms. The molecular formula is C30H29F6N9O. The molecule has 1 saturated carbocycles. The van der Waals surface area contributed by atoms with Crippen molar-refractivity contribution in [1.82, 2.24) is 39.3 Å². The van der Waals surface area contributed by atoms with Crippen molar-refractivity contribution >= 4 is 16.9 Å². The zero-order chi connectivity index (χ0) is 33.1. The summed E-state index contributed by atoms with van der Waals surface area (Å²) in [6.07, 6.45) is -3.87. The predicted molar refractivity (Wildman–Crippen MR) is 156 cm³/mol. The van der Waals surface area contributed by atoms with E-state index in [1.54, 1.807) is 27.1 Å². The van der Waals surface area contributed by atoms with Gasteiger partial charge in [-0.05, 0) is 32.3 Å². The van der Waals surface area contributed by atoms with Gasteiger partial charge in [-0.3, -0.25) is 4.68 Å². The average Bonchev–Trinajstić information content (AvgIpc) is 3.60. The first-order chi connectivity index (χ1) is 21.7. The number of imidazole rings is 1. The third-order valence-electron chi connectivity index (χ3n) is 7.78. The summed E-state index contributed by atoms with van der Waals surface area (Å²) in [5.74, 6) is 0.321. The highest BCUT2D eigenvalue weighted by atomic mass is 19.4. The number of anilines is 1. The third-order valence-corrected chi connectivity index (χ3v) is 7.78. The summed E-state index contributed by atoms with van der Waals surface area (Å²) in [6, 6.07) is 2.54. The Balaban J connectivity index is 1.45. The average molecular weight is 646 g/mol. The highest BCUT2D eigenvalue weighted by Crippen LogP contribution is 2.46. The molecule has 6 rings (SSSR count). The summed E-state index contributed by atoms with van der Waals surface area (Å²) in [5.41, 5.74) is 0.483. The van der Waals surface area contributed by atoms with Crippen molar-refractivity contribution in [2.75, 3.05) is 19.1 Å². The van der Waals surface area contributed by atoms with Crippen molar-refractivity contribution in [3.05, 3.63) is 59.9 Å². The Kier molecular flexibility index (Phi) is 7.63. The number of alkyl halides is 6. The van der Waals surface area contributed by atoms with Crippen molar-refractivity contribution in [3.8, 4) is 28.7 Å². The van der Waals surface area contributed by atoms with Gasteiger partial charge in [0.2, 0.25) is 5.88 Å². The summed E-state index contributed by atoms with van der Waals surface area (Å²) in [5, 5.41) is 4.36. The second-order valence-electron chi connectivity index (χ2n) is 11.5. The zero-order valence-corrected chi connectivity index (χ0v) is 25.4. The Morgan fingerprint density at radius 2 is 1.65 bits per heavy atom. The number of aromatic nitrogens is 8. The minimum Gasteiger partial charge on any atom is -0.480 e. The van der Waals surface area contributed by atoms with E-state index in [-0.39, 0.29) is 52.0 Å². The second-order valence-corrected chi connectivity index (χ2v) is 11.5. The first kappa shape index (κ1) is 31.2. The van der Waals surface area contributed by atoms with Gasteiger partial charge >= 0.3 is 12.4 Å². The van der Waals surface area contributed by atoms with Gasteiger partial charge < -0.3 is 14.2 Å². The SMILES string of the molecule is COc1ncnc(C2CC2)c1-c1nc(N(C)C(c2ccc(-c3nc(C(F)(F)F)cn3C(C)C)cc2)C(F)(F)F)c2nn(C)cc2n1. The lowest BCUT2D eigenvalue weighted by molar-refractivity contribution is -0.149. The number of halogens is 6. The number of methoxy groups -OCH3 is 1. The normalized spacial score (nSPS) is 14.7. The summed E-state index contributed by atoms with van der Waals surface area (Å²) in [6.45, 7) is 3.38. The molecule has 0 saturated heterocycles. The van der Waals surface area contributed by atoms with Gasteiger partial charge in [0.1, 0.15) is 23.2 Å². The number of hydrogen-bond donors (Lipinski definition) is 0. The Morgan fingerprint density at radius 1 is 0.957 bits per heavy atom. The third kappa shape index (κ3) is 5.71. The fourth-order valence-corrected chi connectivity index (χ4v) is 5.49. The standard InChI is InChI=1S/C30H29F6N9O/c1-15(2)45-13-20(29(31,32)33)40-26(45)18-10-8-17(9-11-18)24(30(34,35)36)44(4)27-23-19(12-43(3)42-23)39-25(41-27)21-22(16-6-7-16)37-14-38-28(21)46-5/h8-16,24H,6-7H2,1-5H3. The molecule has 46 heavy (non-hydrogen) atoms. The maximum absolute atomic E-state index is 14.9. The van der Waals surface area contributed by atoms with Crippen LogP contribution in [0.2, 0.25) is 0 Å². The Bertz CT molecular complexity index is 1890. The summed E-state index contributed by atoms with van der Waals surface area (Å²) < 4.78 is 93.3. The number of rotatable bonds is 8. The van der Waals surface area contributed by atoms with Crippen molar-refractivity contribution in [1.29, 1.82) is 0 Å². The highest BCUT2D eigenvalue weighted by molar-refractivity contribution is 5.88. The monoisotopic (exact) mass is 645 g/mol. The molecule has 0 aliphatic heterocycles. The van der Waals surface area contributed by atoms with Crippen LogP contribution in [-0.2, 0) is 13.2 Å². The predicted octanol–water partition coefficient (Wildman–Crippen LogP) is 6.91. The molecular weight excluding hydrogens is 616 g/mol. The fraction of sp³-hybridized carbons (Fsp3) is 0.400. The minimum atomic E-state index is -4.80. The van der Waals surface area contributed by atoms with Gasteiger partial charge in [0, 0.05) is 37.8 Å². The van der Waals surface area contributed by atoms with E-state index >= 15 is 0 Å². The molecule has 0 N–H and O–H groups in total. The molecule has 1 aromatic carbocycles. The Morgan fingerprint density at radius 3 is 2.24 bits per heavy atom. The fourth-order valence-electron chi connectivity index (χ4n) is 5.49. The molecule has 1 atom stereocenters. The van der Waals surface area contributed by atoms with E-state index in [1.807, 2.05) is 0 Å². The quantitative estimate of drug-likeness (QED) is 0.168. The van der Waals surface area contributed by atoms with Crippen molar-refractivity contribution in [2.45, 2.75) is 57.0 Å². The molecule has 242 valence electrons. The van der Waals surface area contributed by atoms with Gasteiger partial charge in [0.05, 0.1) is 19.0 Å². The number of ether oxygens (including phenoxy) is 1. The molecule has 0 amide bonds. The molecule has 0 spiro atoms. The van der Waals surface area contributed by atoms with Crippen LogP contribution in [0.25, 0.3) is 33.8 Å². The molecule has 4 heterocycles. The van der Waals surface area contributed by atoms with Gasteiger partial charge in [-0.25, -0.2) is 24.9 Å². The van der Waals surface area contributed by atoms with Gasteiger partial charge in [-0.2, -0.15) is 31.4 Å². The largest absolute Gasteiger partial charge is 0.480 e. The minimum absolute atomic E-state index is 0.00748. The van der Waals surface area contributed by atoms with Gasteiger partial charge in [-0.1, -0.05) is 24.3 Å². The van der Waals surface area contributed by atoms with Crippen LogP contribution < -0.4 is 9.64 Å². The van der Waals surface area contributed by atoms with E-state index in [0.29, 0.717) is 16.8 Å². The van der Waals surface area contributed by atoms with Gasteiger partial charge in [-0.15, -0.1) is 0 Å². The van der Waals surface area contributed by atoms with Crippen molar-refractivity contribution in [3.63, 3.8) is 0 Å². The number of benzene rings is 1. The Labute approximate surface area is 259 Å². The van der Waals surface area contributed by atoms with Crippen LogP contribution >= 0.6 is 0 Å². The number of nitrogens with zero attached hydrogens (tertiary/aromatic N) is 9. The van der Waals surface area contributed by atoms with E-state index in [9.17, 15) is 26.3 Å². The van der Waals surface area contributed by atoms with Crippen LogP contribution in [0.3, 0.4) is 0 Å². The van der Waals surface area contributed by atoms with Crippen LogP contribution in [-0.4, -0.2) is 59.6 Å². The maximum atomic E-state index is 14.9. The molecule has 0 radical (unpaired) electrons. The van der Waals surface area contributed by atoms with Crippen LogP contribution in [0.15, 0.2) is 43.0 Å². The lowest BCUT2D eigenvalue weighted by Gasteiger charge is -2.31. The molecule has 1 unspecified atom stereocenters. The van der Waals surface area contributed by atoms with Crippen LogP contribution in [0.4, 0.5) is 32.2 Å². The topological polar surface area (TPSA) is 99.7 Å². The van der Waals surface area contributed by atoms with E-state index < -0.39 is 24.1 Å². The van der Waals surface area contributed by atoms with Crippen molar-refractivity contribution in [2.24, 2.45) is 7.05 Å². The number of hydrogen-bond acceptors (Lipinski definition) is 8. The summed E-state index contributed by atoms with van der Waals surface area (Å²) in [4.78, 5) is 22.6. The first-order valence-corrected chi connectivity index (χ1v) is 14.3. The summed E-state index contributed by atoms with van der Waals surface area (Å²) >= 11 is 0. The Hall–Kier alpha value is -4.76. The van der Waals surface area contributed by atoms with Crippen LogP contribution in [0.5, 0.6) is 5.88 Å². The van der Waals surface area contributed by atoms with E-state index in [0.717, 1.165) is 23.9 Å². The molecule has 5 aromatic rings. The number of aryl methyl sites for hydroxylation is 1. The molecule has 10 nitrogen and oxygen atoms in total. The van der Waals surface area contributed by atoms with E-state index in [4.69, 9.17) is 4.74 Å². The zero-order valence-electron chi connectivity index (χ0n) is 25.4. The number of fused-ring (bicyclic) bond motifs is 1. The molecule has 16 heteroatoms. The van der Waals surface area contributed by atoms with Crippen LogP contribution in [0.1, 0.15) is 61.6 Å². The smallest absolute Gasteiger partial charge is 0.434 e. The lowest BCUT2D eigenvalue weighted by atomic mass is 10.0. The van der Waals surface area contributed by atoms with Gasteiger partial charge in [0.25, 0.3) is 0 Å². The first-order valence-electron chi connectivity index (χ1n) is 14.3. The van der Waals surface area contributed by atoms with Crippen LogP contribution in [0, 0.1) is 0 Å². The maximum Gasteiger partial charge on any atom is 0.434 e. The lowest BCUT2D eigenvalue weighted by Crippen LogP contribution is -2.36. The van der Waals surface area contributed by atoms with Crippen molar-refractivity contribution < 1.29 is 31.1 Å². The second kappa shape index (κ2) is 11.2. The molecule has 4 aromatic heterocycles. The molecule has 1 aliphatic carbocycles. The van der Waals surface area contributed by atoms with E-state index in [2.05, 4.69) is 30.0 Å². The van der Waals surface area contributed by atoms with E-state index in [1.165, 1.54) is 54.0 Å². The van der Waals surface area contributed by atoms with Gasteiger partial charge in [0.15, 0.2) is 28.9 Å². The molecule has 1 aliphatic rings. The summed E-state index contributed by atoms with van der Waals surface area (Å²) in [7, 11) is 4.31. The molecule has 1 fully saturated rings. The highest BCUT2D eigenvalue weighted by Gasteiger charge is 2.45.